The zero-order chi connectivity index (χ0) is 18.8. The average molecular weight is 355 g/mol. The summed E-state index contributed by atoms with van der Waals surface area (Å²) in [6.45, 7) is 5.97. The van der Waals surface area contributed by atoms with Crippen LogP contribution in [0.1, 0.15) is 54.5 Å². The normalized spacial score (nSPS) is 12.3. The van der Waals surface area contributed by atoms with E-state index in [1.807, 2.05) is 45.0 Å². The first-order valence-corrected chi connectivity index (χ1v) is 8.30. The molecule has 0 spiro atoms. The van der Waals surface area contributed by atoms with E-state index < -0.39 is 5.97 Å². The van der Waals surface area contributed by atoms with Crippen LogP contribution in [0.25, 0.3) is 5.65 Å². The number of carbonyl (C=O) groups is 1. The summed E-state index contributed by atoms with van der Waals surface area (Å²) < 4.78 is 6.80. The molecule has 3 rings (SSSR count). The molecule has 2 aromatic heterocycles. The van der Waals surface area contributed by atoms with Gasteiger partial charge in [-0.2, -0.15) is 14.6 Å². The number of aromatic nitrogens is 4. The third kappa shape index (κ3) is 3.30. The Hall–Kier alpha value is -3.16. The van der Waals surface area contributed by atoms with Gasteiger partial charge in [0.1, 0.15) is 5.75 Å². The van der Waals surface area contributed by atoms with Crippen LogP contribution in [0.3, 0.4) is 0 Å². The molecular formula is C18H21N5O3. The zero-order valence-corrected chi connectivity index (χ0v) is 15.1. The van der Waals surface area contributed by atoms with Gasteiger partial charge in [-0.25, -0.2) is 9.78 Å². The van der Waals surface area contributed by atoms with Gasteiger partial charge in [0.15, 0.2) is 5.65 Å². The van der Waals surface area contributed by atoms with Gasteiger partial charge in [0.05, 0.1) is 19.3 Å². The summed E-state index contributed by atoms with van der Waals surface area (Å²) in [5.41, 5.74) is 2.34. The molecule has 0 aliphatic rings. The van der Waals surface area contributed by atoms with E-state index >= 15 is 0 Å². The average Bonchev–Trinajstić information content (AvgIpc) is 3.06. The number of benzene rings is 1. The summed E-state index contributed by atoms with van der Waals surface area (Å²) in [5, 5.41) is 16.9. The fourth-order valence-electron chi connectivity index (χ4n) is 2.68. The van der Waals surface area contributed by atoms with E-state index in [1.54, 1.807) is 17.8 Å². The molecule has 0 radical (unpaired) electrons. The number of anilines is 1. The second-order valence-corrected chi connectivity index (χ2v) is 6.31. The van der Waals surface area contributed by atoms with Gasteiger partial charge in [-0.05, 0) is 30.5 Å². The number of carboxylic acid groups (broad SMARTS) is 1. The van der Waals surface area contributed by atoms with Gasteiger partial charge >= 0.3 is 5.97 Å². The topological polar surface area (TPSA) is 102 Å². The van der Waals surface area contributed by atoms with Crippen molar-refractivity contribution in [1.29, 1.82) is 0 Å². The zero-order valence-electron chi connectivity index (χ0n) is 15.1. The molecule has 0 saturated carbocycles. The predicted molar refractivity (Wildman–Crippen MR) is 96.9 cm³/mol. The third-order valence-electron chi connectivity index (χ3n) is 4.15. The number of nitrogens with zero attached hydrogens (tertiary/aromatic N) is 4. The minimum atomic E-state index is -1.18. The maximum Gasteiger partial charge on any atom is 0.374 e. The first-order chi connectivity index (χ1) is 12.4. The highest BCUT2D eigenvalue weighted by Crippen LogP contribution is 2.25. The van der Waals surface area contributed by atoms with E-state index in [0.29, 0.717) is 11.6 Å². The van der Waals surface area contributed by atoms with Crippen LogP contribution in [-0.2, 0) is 0 Å². The minimum absolute atomic E-state index is 0.142. The molecule has 26 heavy (non-hydrogen) atoms. The van der Waals surface area contributed by atoms with Gasteiger partial charge in [0, 0.05) is 5.56 Å². The molecule has 0 aliphatic carbocycles. The Balaban J connectivity index is 2.04. The Bertz CT molecular complexity index is 951. The van der Waals surface area contributed by atoms with Gasteiger partial charge in [-0.15, -0.1) is 0 Å². The number of hydrogen-bond donors (Lipinski definition) is 2. The van der Waals surface area contributed by atoms with E-state index in [9.17, 15) is 9.90 Å². The van der Waals surface area contributed by atoms with Gasteiger partial charge in [-0.1, -0.05) is 26.0 Å². The first-order valence-electron chi connectivity index (χ1n) is 8.30. The summed E-state index contributed by atoms with van der Waals surface area (Å²) in [7, 11) is 1.61. The predicted octanol–water partition coefficient (Wildman–Crippen LogP) is 3.13. The Labute approximate surface area is 150 Å². The first kappa shape index (κ1) is 17.7. The van der Waals surface area contributed by atoms with Crippen molar-refractivity contribution in [1.82, 2.24) is 19.6 Å². The maximum absolute atomic E-state index is 11.4. The highest BCUT2D eigenvalue weighted by atomic mass is 16.5. The molecule has 8 nitrogen and oxygen atoms in total. The molecule has 1 aromatic carbocycles. The Morgan fingerprint density at radius 2 is 2.04 bits per heavy atom. The Morgan fingerprint density at radius 1 is 1.27 bits per heavy atom. The van der Waals surface area contributed by atoms with Crippen LogP contribution >= 0.6 is 0 Å². The summed E-state index contributed by atoms with van der Waals surface area (Å²) in [4.78, 5) is 19.7. The lowest BCUT2D eigenvalue weighted by Gasteiger charge is -2.16. The van der Waals surface area contributed by atoms with Crippen molar-refractivity contribution in [3.63, 3.8) is 0 Å². The lowest BCUT2D eigenvalue weighted by atomic mass is 10.1. The van der Waals surface area contributed by atoms with Crippen molar-refractivity contribution in [2.45, 2.75) is 32.7 Å². The van der Waals surface area contributed by atoms with Crippen molar-refractivity contribution in [2.24, 2.45) is 0 Å². The molecular weight excluding hydrogens is 334 g/mol. The highest BCUT2D eigenvalue weighted by Gasteiger charge is 2.19. The molecule has 0 saturated heterocycles. The van der Waals surface area contributed by atoms with Crippen molar-refractivity contribution in [3.8, 4) is 5.75 Å². The van der Waals surface area contributed by atoms with Crippen molar-refractivity contribution in [3.05, 3.63) is 47.4 Å². The standard InChI is InChI=1S/C18H21N5O3/c1-10(2)14-9-19-23-16(14)21-15(17(24)25)22-18(23)20-11(3)12-6-5-7-13(8-12)26-4/h5-11H,1-4H3,(H,24,25)(H,20,21,22). The fraction of sp³-hybridized carbons (Fsp3) is 0.333. The molecule has 0 aliphatic heterocycles. The number of hydrogen-bond acceptors (Lipinski definition) is 6. The molecule has 0 fully saturated rings. The minimum Gasteiger partial charge on any atom is -0.497 e. The lowest BCUT2D eigenvalue weighted by Crippen LogP contribution is -2.16. The van der Waals surface area contributed by atoms with Crippen LogP contribution in [0.5, 0.6) is 5.75 Å². The molecule has 3 aromatic rings. The molecule has 2 N–H and O–H groups in total. The second kappa shape index (κ2) is 6.99. The van der Waals surface area contributed by atoms with E-state index in [4.69, 9.17) is 4.74 Å². The van der Waals surface area contributed by atoms with E-state index in [-0.39, 0.29) is 17.8 Å². The van der Waals surface area contributed by atoms with Crippen LogP contribution in [0.2, 0.25) is 0 Å². The quantitative estimate of drug-likeness (QED) is 0.700. The number of nitrogens with one attached hydrogen (secondary N) is 1. The molecule has 0 bridgehead atoms. The van der Waals surface area contributed by atoms with Crippen LogP contribution in [0.15, 0.2) is 30.5 Å². The van der Waals surface area contributed by atoms with Crippen molar-refractivity contribution >= 4 is 17.6 Å². The highest BCUT2D eigenvalue weighted by molar-refractivity contribution is 5.84. The van der Waals surface area contributed by atoms with Gasteiger partial charge < -0.3 is 15.2 Å². The van der Waals surface area contributed by atoms with Crippen molar-refractivity contribution in [2.75, 3.05) is 12.4 Å². The van der Waals surface area contributed by atoms with Crippen LogP contribution in [0.4, 0.5) is 5.95 Å². The smallest absolute Gasteiger partial charge is 0.374 e. The summed E-state index contributed by atoms with van der Waals surface area (Å²) in [6, 6.07) is 7.49. The Morgan fingerprint density at radius 3 is 2.69 bits per heavy atom. The summed E-state index contributed by atoms with van der Waals surface area (Å²) in [5.74, 6) is -0.209. The largest absolute Gasteiger partial charge is 0.497 e. The molecule has 1 unspecified atom stereocenters. The lowest BCUT2D eigenvalue weighted by molar-refractivity contribution is 0.0683. The molecule has 1 atom stereocenters. The maximum atomic E-state index is 11.4. The molecule has 2 heterocycles. The monoisotopic (exact) mass is 355 g/mol. The Kier molecular flexibility index (Phi) is 4.75. The van der Waals surface area contributed by atoms with Crippen LogP contribution < -0.4 is 10.1 Å². The molecule has 136 valence electrons. The van der Waals surface area contributed by atoms with Gasteiger partial charge in [-0.3, -0.25) is 0 Å². The van der Waals surface area contributed by atoms with E-state index in [2.05, 4.69) is 20.4 Å². The number of ether oxygens (including phenoxy) is 1. The number of aromatic carboxylic acids is 1. The third-order valence-corrected chi connectivity index (χ3v) is 4.15. The van der Waals surface area contributed by atoms with Crippen LogP contribution in [-0.4, -0.2) is 37.8 Å². The number of rotatable bonds is 6. The second-order valence-electron chi connectivity index (χ2n) is 6.31. The van der Waals surface area contributed by atoms with Crippen LogP contribution in [0, 0.1) is 0 Å². The van der Waals surface area contributed by atoms with E-state index in [1.165, 1.54) is 0 Å². The van der Waals surface area contributed by atoms with E-state index in [0.717, 1.165) is 16.9 Å². The number of fused-ring (bicyclic) bond motifs is 1. The fourth-order valence-corrected chi connectivity index (χ4v) is 2.68. The SMILES string of the molecule is COc1cccc(C(C)Nc2nc(C(=O)O)nc3c(C(C)C)cnn23)c1. The summed E-state index contributed by atoms with van der Waals surface area (Å²) in [6.07, 6.45) is 1.70. The van der Waals surface area contributed by atoms with Crippen molar-refractivity contribution < 1.29 is 14.6 Å². The number of methoxy groups -OCH3 is 1. The van der Waals surface area contributed by atoms with Gasteiger partial charge in [0.2, 0.25) is 11.8 Å². The molecule has 0 amide bonds. The number of carboxylic acids is 1. The van der Waals surface area contributed by atoms with Gasteiger partial charge in [0.25, 0.3) is 0 Å². The summed E-state index contributed by atoms with van der Waals surface area (Å²) >= 11 is 0. The molecule has 8 heteroatoms.